The monoisotopic (exact) mass is 273 g/mol. The summed E-state index contributed by atoms with van der Waals surface area (Å²) in [6, 6.07) is 5.51. The van der Waals surface area contributed by atoms with Gasteiger partial charge in [-0.15, -0.1) is 0 Å². The van der Waals surface area contributed by atoms with E-state index in [9.17, 15) is 14.0 Å². The third-order valence-electron chi connectivity index (χ3n) is 3.39. The van der Waals surface area contributed by atoms with E-state index >= 15 is 0 Å². The molecule has 1 aliphatic carbocycles. The number of carbonyl (C=O) groups is 1. The number of nitrogens with one attached hydrogen (secondary N) is 2. The second kappa shape index (κ2) is 4.88. The Labute approximate surface area is 113 Å². The maximum absolute atomic E-state index is 13.5. The zero-order valence-corrected chi connectivity index (χ0v) is 10.6. The van der Waals surface area contributed by atoms with Gasteiger partial charge in [-0.05, 0) is 36.5 Å². The normalized spacial score (nSPS) is 13.1. The fraction of sp³-hybridized carbons (Fsp3) is 0.214. The van der Waals surface area contributed by atoms with E-state index < -0.39 is 17.4 Å². The highest BCUT2D eigenvalue weighted by atomic mass is 19.1. The minimum atomic E-state index is -0.773. The van der Waals surface area contributed by atoms with Crippen molar-refractivity contribution in [1.29, 1.82) is 0 Å². The van der Waals surface area contributed by atoms with E-state index in [-0.39, 0.29) is 5.82 Å². The molecule has 1 aromatic heterocycles. The molecule has 20 heavy (non-hydrogen) atoms. The van der Waals surface area contributed by atoms with Crippen LogP contribution in [0.1, 0.15) is 27.9 Å². The van der Waals surface area contributed by atoms with E-state index in [0.29, 0.717) is 5.56 Å². The van der Waals surface area contributed by atoms with Crippen LogP contribution < -0.4 is 11.0 Å². The number of hydrogen-bond acceptors (Lipinski definition) is 3. The molecule has 102 valence electrons. The first-order valence-corrected chi connectivity index (χ1v) is 6.32. The molecule has 1 heterocycles. The Bertz CT molecular complexity index is 739. The molecule has 3 rings (SSSR count). The molecule has 5 nitrogen and oxygen atoms in total. The van der Waals surface area contributed by atoms with E-state index in [2.05, 4.69) is 15.3 Å². The number of hydrogen-bond donors (Lipinski definition) is 2. The molecule has 2 aromatic rings. The van der Waals surface area contributed by atoms with Crippen LogP contribution in [0, 0.1) is 5.82 Å². The second-order valence-corrected chi connectivity index (χ2v) is 4.66. The minimum absolute atomic E-state index is 0.259. The molecule has 0 spiro atoms. The van der Waals surface area contributed by atoms with Gasteiger partial charge in [-0.3, -0.25) is 9.78 Å². The molecule has 1 aliphatic rings. The largest absolute Gasteiger partial charge is 0.346 e. The van der Waals surface area contributed by atoms with E-state index in [0.717, 1.165) is 36.6 Å². The van der Waals surface area contributed by atoms with Gasteiger partial charge in [-0.2, -0.15) is 4.98 Å². The van der Waals surface area contributed by atoms with Gasteiger partial charge in [0.1, 0.15) is 0 Å². The van der Waals surface area contributed by atoms with Crippen molar-refractivity contribution >= 4 is 11.7 Å². The first-order valence-electron chi connectivity index (χ1n) is 6.32. The number of benzene rings is 1. The van der Waals surface area contributed by atoms with Crippen molar-refractivity contribution in [3.63, 3.8) is 0 Å². The van der Waals surface area contributed by atoms with Crippen molar-refractivity contribution < 1.29 is 9.18 Å². The molecular weight excluding hydrogens is 261 g/mol. The van der Waals surface area contributed by atoms with Gasteiger partial charge < -0.3 is 5.32 Å². The molecule has 0 saturated heterocycles. The molecule has 0 aliphatic heterocycles. The Morgan fingerprint density at radius 1 is 1.35 bits per heavy atom. The summed E-state index contributed by atoms with van der Waals surface area (Å²) in [5.41, 5.74) is 1.97. The van der Waals surface area contributed by atoms with Crippen molar-refractivity contribution in [3.05, 3.63) is 57.4 Å². The van der Waals surface area contributed by atoms with Crippen LogP contribution in [0.5, 0.6) is 0 Å². The number of H-pyrrole nitrogens is 1. The number of rotatable bonds is 2. The summed E-state index contributed by atoms with van der Waals surface area (Å²) in [6.45, 7) is 0. The highest BCUT2D eigenvalue weighted by Gasteiger charge is 2.19. The molecular formula is C14H12FN3O2. The van der Waals surface area contributed by atoms with Crippen molar-refractivity contribution in [1.82, 2.24) is 9.97 Å². The van der Waals surface area contributed by atoms with E-state index in [4.69, 9.17) is 0 Å². The Kier molecular flexibility index (Phi) is 3.06. The lowest BCUT2D eigenvalue weighted by molar-refractivity contribution is 0.102. The maximum atomic E-state index is 13.5. The first-order chi connectivity index (χ1) is 9.65. The van der Waals surface area contributed by atoms with Gasteiger partial charge in [0.05, 0.1) is 6.20 Å². The number of halogens is 1. The summed E-state index contributed by atoms with van der Waals surface area (Å²) < 4.78 is 13.5. The van der Waals surface area contributed by atoms with Gasteiger partial charge in [-0.1, -0.05) is 12.1 Å². The summed E-state index contributed by atoms with van der Waals surface area (Å²) in [4.78, 5) is 28.7. The van der Waals surface area contributed by atoms with Crippen molar-refractivity contribution in [2.75, 3.05) is 5.32 Å². The predicted octanol–water partition coefficient (Wildman–Crippen LogP) is 1.65. The molecule has 1 aromatic carbocycles. The zero-order chi connectivity index (χ0) is 14.1. The minimum Gasteiger partial charge on any atom is -0.306 e. The van der Waals surface area contributed by atoms with Crippen molar-refractivity contribution in [2.24, 2.45) is 0 Å². The quantitative estimate of drug-likeness (QED) is 0.873. The molecule has 0 unspecified atom stereocenters. The summed E-state index contributed by atoms with van der Waals surface area (Å²) in [5.74, 6) is -1.46. The van der Waals surface area contributed by atoms with Gasteiger partial charge in [0.15, 0.2) is 11.6 Å². The van der Waals surface area contributed by atoms with Gasteiger partial charge in [0, 0.05) is 5.56 Å². The Morgan fingerprint density at radius 2 is 2.20 bits per heavy atom. The lowest BCUT2D eigenvalue weighted by Gasteiger charge is -2.09. The molecule has 6 heteroatoms. The third kappa shape index (κ3) is 2.20. The van der Waals surface area contributed by atoms with Gasteiger partial charge in [0.25, 0.3) is 5.91 Å². The summed E-state index contributed by atoms with van der Waals surface area (Å²) >= 11 is 0. The van der Waals surface area contributed by atoms with E-state index in [1.165, 1.54) is 0 Å². The summed E-state index contributed by atoms with van der Waals surface area (Å²) in [6.07, 6.45) is 3.59. The lowest BCUT2D eigenvalue weighted by atomic mass is 10.0. The lowest BCUT2D eigenvalue weighted by Crippen LogP contribution is -2.20. The fourth-order valence-corrected chi connectivity index (χ4v) is 2.48. The highest BCUT2D eigenvalue weighted by Crippen LogP contribution is 2.25. The maximum Gasteiger partial charge on any atom is 0.346 e. The number of fused-ring (bicyclic) bond motifs is 1. The number of anilines is 1. The second-order valence-electron chi connectivity index (χ2n) is 4.66. The molecule has 0 atom stereocenters. The van der Waals surface area contributed by atoms with Crippen LogP contribution in [-0.4, -0.2) is 15.9 Å². The van der Waals surface area contributed by atoms with Crippen molar-refractivity contribution in [2.45, 2.75) is 19.3 Å². The number of aromatic nitrogens is 2. The molecule has 0 bridgehead atoms. The Morgan fingerprint density at radius 3 is 3.05 bits per heavy atom. The van der Waals surface area contributed by atoms with E-state index in [1.807, 2.05) is 12.1 Å². The van der Waals surface area contributed by atoms with Crippen LogP contribution in [-0.2, 0) is 12.8 Å². The SMILES string of the molecule is O=C(Nc1[nH]c(=O)ncc1F)c1cccc2c1CCC2. The van der Waals surface area contributed by atoms with Crippen LogP contribution in [0.25, 0.3) is 0 Å². The number of carbonyl (C=O) groups excluding carboxylic acids is 1. The van der Waals surface area contributed by atoms with Gasteiger partial charge in [-0.25, -0.2) is 9.18 Å². The van der Waals surface area contributed by atoms with Crippen LogP contribution in [0.4, 0.5) is 10.2 Å². The molecule has 0 radical (unpaired) electrons. The fourth-order valence-electron chi connectivity index (χ4n) is 2.48. The predicted molar refractivity (Wildman–Crippen MR) is 71.2 cm³/mol. The average molecular weight is 273 g/mol. The number of amides is 1. The summed E-state index contributed by atoms with van der Waals surface area (Å²) in [7, 11) is 0. The smallest absolute Gasteiger partial charge is 0.306 e. The molecule has 2 N–H and O–H groups in total. The number of aryl methyl sites for hydroxylation is 1. The van der Waals surface area contributed by atoms with E-state index in [1.54, 1.807) is 6.07 Å². The topological polar surface area (TPSA) is 74.8 Å². The number of aromatic amines is 1. The molecule has 1 amide bonds. The van der Waals surface area contributed by atoms with Gasteiger partial charge in [0.2, 0.25) is 0 Å². The van der Waals surface area contributed by atoms with Gasteiger partial charge >= 0.3 is 5.69 Å². The van der Waals surface area contributed by atoms with Crippen LogP contribution in [0.2, 0.25) is 0 Å². The average Bonchev–Trinajstić information content (AvgIpc) is 2.91. The Hall–Kier alpha value is -2.50. The molecule has 0 saturated carbocycles. The third-order valence-corrected chi connectivity index (χ3v) is 3.39. The summed E-state index contributed by atoms with van der Waals surface area (Å²) in [5, 5.41) is 2.39. The van der Waals surface area contributed by atoms with Crippen LogP contribution >= 0.6 is 0 Å². The van der Waals surface area contributed by atoms with Crippen LogP contribution in [0.3, 0.4) is 0 Å². The highest BCUT2D eigenvalue weighted by molar-refractivity contribution is 6.05. The van der Waals surface area contributed by atoms with Crippen molar-refractivity contribution in [3.8, 4) is 0 Å². The molecule has 0 fully saturated rings. The number of nitrogens with zero attached hydrogens (tertiary/aromatic N) is 1. The standard InChI is InChI=1S/C14H12FN3O2/c15-11-7-16-14(20)18-12(11)17-13(19)10-6-2-4-8-3-1-5-9(8)10/h2,4,6-7H,1,3,5H2,(H2,16,17,18,19,20). The van der Waals surface area contributed by atoms with Crippen LogP contribution in [0.15, 0.2) is 29.2 Å². The first kappa shape index (κ1) is 12.5. The zero-order valence-electron chi connectivity index (χ0n) is 10.6. The Balaban J connectivity index is 1.93.